The number of halogens is 7. The number of piperidine rings is 1. The van der Waals surface area contributed by atoms with E-state index >= 15 is 0 Å². The molecule has 0 saturated carbocycles. The average molecular weight is 972 g/mol. The zero-order chi connectivity index (χ0) is 46.4. The molecule has 5 aromatic heterocycles. The lowest BCUT2D eigenvalue weighted by Crippen LogP contribution is -2.41. The predicted octanol–water partition coefficient (Wildman–Crippen LogP) is 10.6. The Labute approximate surface area is 375 Å². The van der Waals surface area contributed by atoms with Gasteiger partial charge in [0.05, 0.1) is 26.8 Å². The van der Waals surface area contributed by atoms with E-state index in [1.807, 2.05) is 48.5 Å². The maximum absolute atomic E-state index is 15.0. The Bertz CT molecular complexity index is 2890. The minimum absolute atomic E-state index is 0.0144. The van der Waals surface area contributed by atoms with Gasteiger partial charge in [0.2, 0.25) is 0 Å². The average Bonchev–Trinajstić information content (AvgIpc) is 4.00. The van der Waals surface area contributed by atoms with Crippen molar-refractivity contribution in [3.05, 3.63) is 111 Å². The van der Waals surface area contributed by atoms with Crippen LogP contribution in [0.1, 0.15) is 117 Å². The van der Waals surface area contributed by atoms with Gasteiger partial charge in [0.15, 0.2) is 52.0 Å². The van der Waals surface area contributed by atoms with E-state index in [9.17, 15) is 35.9 Å². The maximum Gasteiger partial charge on any atom is 0.410 e. The lowest BCUT2D eigenvalue weighted by Gasteiger charge is -2.32. The molecule has 1 amide bonds. The van der Waals surface area contributed by atoms with E-state index in [4.69, 9.17) is 14.8 Å². The number of rotatable bonds is 8. The summed E-state index contributed by atoms with van der Waals surface area (Å²) in [5.74, 6) is -6.57. The Morgan fingerprint density at radius 2 is 1.28 bits per heavy atom. The molecule has 1 unspecified atom stereocenters. The van der Waals surface area contributed by atoms with E-state index < -0.39 is 56.7 Å². The van der Waals surface area contributed by atoms with E-state index in [1.165, 1.54) is 21.9 Å². The fraction of sp³-hybridized carbons (Fsp3) is 0.372. The number of fused-ring (bicyclic) bond motifs is 2. The van der Waals surface area contributed by atoms with Gasteiger partial charge in [0.1, 0.15) is 27.8 Å². The highest BCUT2D eigenvalue weighted by Crippen LogP contribution is 2.42. The fourth-order valence-electron chi connectivity index (χ4n) is 6.79. The molecule has 0 spiro atoms. The minimum atomic E-state index is -1.36. The van der Waals surface area contributed by atoms with Crippen molar-refractivity contribution >= 4 is 50.4 Å². The molecule has 6 heterocycles. The SMILES string of the molecule is CC(C)c1nnc2ccc(-c3sc(C4CCN(C(=O)OC(C)(C)C)CC4)nc3-c3cc(F)c(F)cc3F)nn12.CC(C)c1nnc2ccc(C(Br)C(=O)c3cc(F)c(F)cc3F)nn12. The molecule has 7 aromatic rings. The molecule has 21 heteroatoms. The summed E-state index contributed by atoms with van der Waals surface area (Å²) < 4.78 is 91.8. The Morgan fingerprint density at radius 3 is 1.88 bits per heavy atom. The third-order valence-corrected chi connectivity index (χ3v) is 12.2. The molecule has 336 valence electrons. The Balaban J connectivity index is 0.000000211. The molecule has 0 radical (unpaired) electrons. The van der Waals surface area contributed by atoms with E-state index in [2.05, 4.69) is 41.4 Å². The van der Waals surface area contributed by atoms with Gasteiger partial charge in [-0.05, 0) is 70.0 Å². The summed E-state index contributed by atoms with van der Waals surface area (Å²) in [5, 5.41) is 26.1. The Hall–Kier alpha value is -5.83. The second-order valence-electron chi connectivity index (χ2n) is 16.6. The third-order valence-electron chi connectivity index (χ3n) is 10.0. The second-order valence-corrected chi connectivity index (χ2v) is 18.6. The minimum Gasteiger partial charge on any atom is -0.444 e. The van der Waals surface area contributed by atoms with Crippen LogP contribution >= 0.6 is 27.3 Å². The van der Waals surface area contributed by atoms with Crippen LogP contribution in [0.3, 0.4) is 0 Å². The van der Waals surface area contributed by atoms with Gasteiger partial charge in [-0.15, -0.1) is 31.7 Å². The lowest BCUT2D eigenvalue weighted by atomic mass is 9.98. The number of amides is 1. The number of aromatic nitrogens is 9. The number of hydrogen-bond donors (Lipinski definition) is 0. The van der Waals surface area contributed by atoms with Gasteiger partial charge < -0.3 is 9.64 Å². The number of ketones is 1. The number of nitrogens with zero attached hydrogens (tertiary/aromatic N) is 10. The van der Waals surface area contributed by atoms with Crippen molar-refractivity contribution in [3.8, 4) is 21.8 Å². The molecule has 1 fully saturated rings. The molecule has 0 bridgehead atoms. The number of likely N-dealkylation sites (tertiary alicyclic amines) is 1. The van der Waals surface area contributed by atoms with Crippen molar-refractivity contribution in [1.29, 1.82) is 0 Å². The molecule has 1 atom stereocenters. The highest BCUT2D eigenvalue weighted by molar-refractivity contribution is 9.09. The molecular formula is C43H41BrF6N10O3S. The van der Waals surface area contributed by atoms with Gasteiger partial charge in [0, 0.05) is 48.5 Å². The molecule has 1 aliphatic rings. The quantitative estimate of drug-likeness (QED) is 0.0624. The standard InChI is InChI=1S/C27H29F3N6O2S.C16H12BrF3N4O/c1-14(2)24-33-32-21-7-6-20(34-36(21)24)23-22(16-12-18(29)19(30)13-17(16)28)31-25(39-23)15-8-10-35(11-9-15)26(37)38-27(3,4)5;1-7(2)16-22-21-13-4-3-12(23-24(13)16)14(17)15(25)8-5-10(19)11(20)6-9(8)18/h6-7,12-15H,8-11H2,1-5H3;3-7,14H,1-2H3. The summed E-state index contributed by atoms with van der Waals surface area (Å²) in [5.41, 5.74) is 0.702. The molecule has 0 aliphatic carbocycles. The first-order valence-electron chi connectivity index (χ1n) is 20.1. The molecule has 2 aromatic carbocycles. The van der Waals surface area contributed by atoms with E-state index in [1.54, 1.807) is 27.6 Å². The van der Waals surface area contributed by atoms with E-state index in [0.29, 0.717) is 82.7 Å². The molecule has 1 saturated heterocycles. The number of benzene rings is 2. The van der Waals surface area contributed by atoms with E-state index in [-0.39, 0.29) is 40.8 Å². The van der Waals surface area contributed by atoms with Crippen LogP contribution in [-0.4, -0.2) is 80.1 Å². The van der Waals surface area contributed by atoms with Crippen molar-refractivity contribution in [2.75, 3.05) is 13.1 Å². The number of Topliss-reactive ketones (excluding diaryl/α,β-unsaturated/α-hetero) is 1. The number of alkyl halides is 1. The number of ether oxygens (including phenoxy) is 1. The van der Waals surface area contributed by atoms with Crippen molar-refractivity contribution in [3.63, 3.8) is 0 Å². The van der Waals surface area contributed by atoms with Crippen LogP contribution in [0.15, 0.2) is 48.5 Å². The topological polar surface area (TPSA) is 146 Å². The lowest BCUT2D eigenvalue weighted by molar-refractivity contribution is 0.0204. The molecule has 64 heavy (non-hydrogen) atoms. The first-order valence-corrected chi connectivity index (χ1v) is 21.8. The maximum atomic E-state index is 15.0. The molecule has 13 nitrogen and oxygen atoms in total. The first kappa shape index (κ1) is 46.2. The monoisotopic (exact) mass is 970 g/mol. The summed E-state index contributed by atoms with van der Waals surface area (Å²) in [6, 6.07) is 8.87. The summed E-state index contributed by atoms with van der Waals surface area (Å²) in [6.07, 6.45) is 0.889. The van der Waals surface area contributed by atoms with Gasteiger partial charge in [-0.3, -0.25) is 4.79 Å². The molecule has 8 rings (SSSR count). The first-order chi connectivity index (χ1) is 30.2. The van der Waals surface area contributed by atoms with Crippen LogP contribution in [0.4, 0.5) is 31.1 Å². The summed E-state index contributed by atoms with van der Waals surface area (Å²) in [7, 11) is 0. The summed E-state index contributed by atoms with van der Waals surface area (Å²) in [4.78, 5) is 30.9. The van der Waals surface area contributed by atoms with Gasteiger partial charge in [-0.2, -0.15) is 19.2 Å². The second kappa shape index (κ2) is 18.3. The van der Waals surface area contributed by atoms with Gasteiger partial charge in [-0.25, -0.2) is 36.1 Å². The zero-order valence-electron chi connectivity index (χ0n) is 35.5. The molecular weight excluding hydrogens is 930 g/mol. The number of carbonyl (C=O) groups is 2. The van der Waals surface area contributed by atoms with Gasteiger partial charge >= 0.3 is 6.09 Å². The van der Waals surface area contributed by atoms with E-state index in [0.717, 1.165) is 6.07 Å². The fourth-order valence-corrected chi connectivity index (χ4v) is 8.50. The number of thiazole rings is 1. The van der Waals surface area contributed by atoms with Crippen LogP contribution < -0.4 is 0 Å². The van der Waals surface area contributed by atoms with Crippen LogP contribution in [-0.2, 0) is 4.74 Å². The largest absolute Gasteiger partial charge is 0.444 e. The van der Waals surface area contributed by atoms with Gasteiger partial charge in [0.25, 0.3) is 0 Å². The van der Waals surface area contributed by atoms with Crippen LogP contribution in [0.2, 0.25) is 0 Å². The third kappa shape index (κ3) is 9.64. The number of carbonyl (C=O) groups excluding carboxylic acids is 2. The normalized spacial score (nSPS) is 14.1. The summed E-state index contributed by atoms with van der Waals surface area (Å²) >= 11 is 4.48. The Morgan fingerprint density at radius 1 is 0.734 bits per heavy atom. The highest BCUT2D eigenvalue weighted by atomic mass is 79.9. The van der Waals surface area contributed by atoms with Crippen LogP contribution in [0, 0.1) is 34.9 Å². The van der Waals surface area contributed by atoms with Crippen molar-refractivity contribution in [1.82, 2.24) is 49.5 Å². The molecule has 1 aliphatic heterocycles. The van der Waals surface area contributed by atoms with Crippen LogP contribution in [0.5, 0.6) is 0 Å². The number of hydrogen-bond acceptors (Lipinski definition) is 11. The van der Waals surface area contributed by atoms with Gasteiger partial charge in [-0.1, -0.05) is 43.6 Å². The van der Waals surface area contributed by atoms with Crippen molar-refractivity contribution in [2.45, 2.75) is 89.5 Å². The smallest absolute Gasteiger partial charge is 0.410 e. The zero-order valence-corrected chi connectivity index (χ0v) is 37.9. The molecule has 0 N–H and O–H groups in total. The van der Waals surface area contributed by atoms with Crippen molar-refractivity contribution in [2.24, 2.45) is 0 Å². The Kier molecular flexibility index (Phi) is 13.2. The predicted molar refractivity (Wildman–Crippen MR) is 228 cm³/mol. The highest BCUT2D eigenvalue weighted by Gasteiger charge is 2.32. The summed E-state index contributed by atoms with van der Waals surface area (Å²) in [6.45, 7) is 14.2. The van der Waals surface area contributed by atoms with Crippen molar-refractivity contribution < 1.29 is 40.7 Å². The van der Waals surface area contributed by atoms with Crippen LogP contribution in [0.25, 0.3) is 33.1 Å².